The van der Waals surface area contributed by atoms with E-state index in [0.717, 1.165) is 12.1 Å². The van der Waals surface area contributed by atoms with Crippen LogP contribution in [0.4, 0.5) is 5.69 Å². The third-order valence-electron chi connectivity index (χ3n) is 4.10. The number of benzene rings is 2. The molecule has 2 nitrogen and oxygen atoms in total. The summed E-state index contributed by atoms with van der Waals surface area (Å²) in [5, 5.41) is 7.34. The predicted molar refractivity (Wildman–Crippen MR) is 104 cm³/mol. The fourth-order valence-electron chi connectivity index (χ4n) is 2.56. The fraction of sp³-hybridized carbons (Fsp3) is 0.350. The smallest absolute Gasteiger partial charge is 0.171 e. The third kappa shape index (κ3) is 4.80. The van der Waals surface area contributed by atoms with Crippen LogP contribution >= 0.6 is 12.2 Å². The molecule has 0 fully saturated rings. The molecule has 0 saturated heterocycles. The highest BCUT2D eigenvalue weighted by Crippen LogP contribution is 2.19. The van der Waals surface area contributed by atoms with Crippen molar-refractivity contribution in [3.05, 3.63) is 65.2 Å². The lowest BCUT2D eigenvalue weighted by atomic mass is 10.00. The van der Waals surface area contributed by atoms with E-state index in [-0.39, 0.29) is 6.04 Å². The van der Waals surface area contributed by atoms with Crippen LogP contribution in [0.1, 0.15) is 56.3 Å². The average Bonchev–Trinajstić information content (AvgIpc) is 2.55. The number of hydrogen-bond donors (Lipinski definition) is 2. The molecule has 3 heteroatoms. The molecule has 0 aliphatic carbocycles. The van der Waals surface area contributed by atoms with Crippen LogP contribution < -0.4 is 10.6 Å². The van der Waals surface area contributed by atoms with Crippen molar-refractivity contribution in [2.24, 2.45) is 0 Å². The van der Waals surface area contributed by atoms with Crippen LogP contribution in [0.3, 0.4) is 0 Å². The summed E-state index contributed by atoms with van der Waals surface area (Å²) in [6.45, 7) is 8.70. The molecule has 2 N–H and O–H groups in total. The summed E-state index contributed by atoms with van der Waals surface area (Å²) in [4.78, 5) is 0. The second-order valence-electron chi connectivity index (χ2n) is 6.15. The summed E-state index contributed by atoms with van der Waals surface area (Å²) in [5.74, 6) is 0.556. The molecular weight excluding hydrogens is 300 g/mol. The van der Waals surface area contributed by atoms with Crippen molar-refractivity contribution < 1.29 is 0 Å². The first kappa shape index (κ1) is 17.5. The Morgan fingerprint density at radius 3 is 2.17 bits per heavy atom. The fourth-order valence-corrected chi connectivity index (χ4v) is 2.85. The number of hydrogen-bond acceptors (Lipinski definition) is 1. The van der Waals surface area contributed by atoms with Gasteiger partial charge in [0.1, 0.15) is 0 Å². The Balaban J connectivity index is 1.99. The molecule has 2 rings (SSSR count). The Kier molecular flexibility index (Phi) is 6.17. The van der Waals surface area contributed by atoms with Gasteiger partial charge in [0.25, 0.3) is 0 Å². The van der Waals surface area contributed by atoms with E-state index in [1.807, 2.05) is 6.07 Å². The standard InChI is InChI=1S/C20H26N2S/c1-5-16-8-6-7-9-19(16)22-20(23)21-15(4)18-12-10-17(11-13-18)14(2)3/h6-15H,5H2,1-4H3,(H2,21,22,23). The molecule has 2 aromatic rings. The molecular formula is C20H26N2S. The summed E-state index contributed by atoms with van der Waals surface area (Å²) in [6, 6.07) is 17.2. The van der Waals surface area contributed by atoms with E-state index < -0.39 is 0 Å². The Hall–Kier alpha value is -1.87. The lowest BCUT2D eigenvalue weighted by Crippen LogP contribution is -2.31. The van der Waals surface area contributed by atoms with Crippen molar-refractivity contribution in [3.8, 4) is 0 Å². The van der Waals surface area contributed by atoms with Gasteiger partial charge in [0.2, 0.25) is 0 Å². The van der Waals surface area contributed by atoms with E-state index in [1.54, 1.807) is 0 Å². The largest absolute Gasteiger partial charge is 0.356 e. The van der Waals surface area contributed by atoms with Gasteiger partial charge in [-0.3, -0.25) is 0 Å². The van der Waals surface area contributed by atoms with Crippen LogP contribution in [-0.4, -0.2) is 5.11 Å². The van der Waals surface area contributed by atoms with Crippen molar-refractivity contribution in [2.75, 3.05) is 5.32 Å². The van der Waals surface area contributed by atoms with Crippen molar-refractivity contribution in [1.29, 1.82) is 0 Å². The summed E-state index contributed by atoms with van der Waals surface area (Å²) in [5.41, 5.74) is 4.95. The van der Waals surface area contributed by atoms with E-state index in [0.29, 0.717) is 11.0 Å². The number of rotatable bonds is 5. The van der Waals surface area contributed by atoms with Crippen molar-refractivity contribution in [1.82, 2.24) is 5.32 Å². The van der Waals surface area contributed by atoms with Gasteiger partial charge in [-0.2, -0.15) is 0 Å². The zero-order chi connectivity index (χ0) is 16.8. The second kappa shape index (κ2) is 8.11. The van der Waals surface area contributed by atoms with Crippen molar-refractivity contribution >= 4 is 23.0 Å². The third-order valence-corrected chi connectivity index (χ3v) is 4.32. The normalized spacial score (nSPS) is 12.0. The molecule has 0 spiro atoms. The summed E-state index contributed by atoms with van der Waals surface area (Å²) in [7, 11) is 0. The SMILES string of the molecule is CCc1ccccc1NC(=S)NC(C)c1ccc(C(C)C)cc1. The summed E-state index contributed by atoms with van der Waals surface area (Å²) >= 11 is 5.46. The van der Waals surface area contributed by atoms with E-state index >= 15 is 0 Å². The first-order valence-electron chi connectivity index (χ1n) is 8.26. The number of thiocarbonyl (C=S) groups is 1. The van der Waals surface area contributed by atoms with E-state index in [2.05, 4.69) is 80.8 Å². The van der Waals surface area contributed by atoms with Gasteiger partial charge in [0, 0.05) is 5.69 Å². The molecule has 0 aliphatic rings. The van der Waals surface area contributed by atoms with Crippen molar-refractivity contribution in [2.45, 2.75) is 46.1 Å². The minimum absolute atomic E-state index is 0.171. The molecule has 0 heterocycles. The molecule has 0 aromatic heterocycles. The maximum atomic E-state index is 5.46. The average molecular weight is 327 g/mol. The minimum Gasteiger partial charge on any atom is -0.356 e. The zero-order valence-electron chi connectivity index (χ0n) is 14.4. The molecule has 0 bridgehead atoms. The van der Waals surface area contributed by atoms with Crippen molar-refractivity contribution in [3.63, 3.8) is 0 Å². The molecule has 122 valence electrons. The molecule has 2 aromatic carbocycles. The van der Waals surface area contributed by atoms with Gasteiger partial charge < -0.3 is 10.6 Å². The highest BCUT2D eigenvalue weighted by molar-refractivity contribution is 7.80. The maximum absolute atomic E-state index is 5.46. The van der Waals surface area contributed by atoms with E-state index in [4.69, 9.17) is 12.2 Å². The maximum Gasteiger partial charge on any atom is 0.171 e. The Morgan fingerprint density at radius 2 is 1.57 bits per heavy atom. The monoisotopic (exact) mass is 326 g/mol. The Bertz CT molecular complexity index is 647. The number of nitrogens with one attached hydrogen (secondary N) is 2. The minimum atomic E-state index is 0.171. The number of anilines is 1. The van der Waals surface area contributed by atoms with E-state index in [1.165, 1.54) is 16.7 Å². The first-order chi connectivity index (χ1) is 11.0. The summed E-state index contributed by atoms with van der Waals surface area (Å²) < 4.78 is 0. The lowest BCUT2D eigenvalue weighted by Gasteiger charge is -2.19. The zero-order valence-corrected chi connectivity index (χ0v) is 15.2. The van der Waals surface area contributed by atoms with Gasteiger partial charge in [0.15, 0.2) is 5.11 Å². The summed E-state index contributed by atoms with van der Waals surface area (Å²) in [6.07, 6.45) is 0.984. The van der Waals surface area contributed by atoms with Gasteiger partial charge in [-0.1, -0.05) is 63.2 Å². The second-order valence-corrected chi connectivity index (χ2v) is 6.56. The quantitative estimate of drug-likeness (QED) is 0.717. The molecule has 23 heavy (non-hydrogen) atoms. The number of para-hydroxylation sites is 1. The number of aryl methyl sites for hydroxylation is 1. The molecule has 0 saturated carbocycles. The molecule has 0 radical (unpaired) electrons. The van der Waals surface area contributed by atoms with E-state index in [9.17, 15) is 0 Å². The van der Waals surface area contributed by atoms with Crippen LogP contribution in [0.5, 0.6) is 0 Å². The highest BCUT2D eigenvalue weighted by Gasteiger charge is 2.09. The van der Waals surface area contributed by atoms with Gasteiger partial charge in [-0.25, -0.2) is 0 Å². The topological polar surface area (TPSA) is 24.1 Å². The Morgan fingerprint density at radius 1 is 0.957 bits per heavy atom. The van der Waals surface area contributed by atoms with Gasteiger partial charge in [0.05, 0.1) is 6.04 Å². The molecule has 0 aliphatic heterocycles. The predicted octanol–water partition coefficient (Wildman–Crippen LogP) is 5.42. The van der Waals surface area contributed by atoms with Gasteiger partial charge in [-0.05, 0) is 54.2 Å². The van der Waals surface area contributed by atoms with Crippen LogP contribution in [-0.2, 0) is 6.42 Å². The molecule has 1 unspecified atom stereocenters. The molecule has 1 atom stereocenters. The van der Waals surface area contributed by atoms with Crippen LogP contribution in [0.15, 0.2) is 48.5 Å². The van der Waals surface area contributed by atoms with Gasteiger partial charge >= 0.3 is 0 Å². The van der Waals surface area contributed by atoms with Crippen LogP contribution in [0.25, 0.3) is 0 Å². The van der Waals surface area contributed by atoms with Crippen LogP contribution in [0, 0.1) is 0 Å². The Labute approximate surface area is 145 Å². The molecule has 0 amide bonds. The lowest BCUT2D eigenvalue weighted by molar-refractivity contribution is 0.721. The highest BCUT2D eigenvalue weighted by atomic mass is 32.1. The van der Waals surface area contributed by atoms with Crippen LogP contribution in [0.2, 0.25) is 0 Å². The van der Waals surface area contributed by atoms with Gasteiger partial charge in [-0.15, -0.1) is 0 Å². The first-order valence-corrected chi connectivity index (χ1v) is 8.67.